The summed E-state index contributed by atoms with van der Waals surface area (Å²) in [6, 6.07) is -0.753. The first kappa shape index (κ1) is 12.5. The van der Waals surface area contributed by atoms with E-state index in [1.54, 1.807) is 6.20 Å². The van der Waals surface area contributed by atoms with Crippen LogP contribution < -0.4 is 5.32 Å². The number of methoxy groups -OCH3 is 1. The lowest BCUT2D eigenvalue weighted by Crippen LogP contribution is -2.43. The van der Waals surface area contributed by atoms with Crippen LogP contribution in [0.25, 0.3) is 0 Å². The van der Waals surface area contributed by atoms with Crippen molar-refractivity contribution < 1.29 is 14.3 Å². The van der Waals surface area contributed by atoms with Gasteiger partial charge in [0.15, 0.2) is 0 Å². The van der Waals surface area contributed by atoms with Crippen molar-refractivity contribution in [1.82, 2.24) is 15.3 Å². The Morgan fingerprint density at radius 1 is 1.69 bits per heavy atom. The van der Waals surface area contributed by atoms with Crippen molar-refractivity contribution in [1.29, 1.82) is 0 Å². The van der Waals surface area contributed by atoms with E-state index in [2.05, 4.69) is 20.0 Å². The van der Waals surface area contributed by atoms with E-state index >= 15 is 0 Å². The molecule has 1 aromatic rings. The van der Waals surface area contributed by atoms with Gasteiger partial charge in [-0.25, -0.2) is 9.78 Å². The van der Waals surface area contributed by atoms with Crippen LogP contribution in [0.15, 0.2) is 12.5 Å². The topological polar surface area (TPSA) is 84.1 Å². The highest BCUT2D eigenvalue weighted by atomic mass is 35.5. The summed E-state index contributed by atoms with van der Waals surface area (Å²) in [4.78, 5) is 29.1. The molecule has 0 radical (unpaired) electrons. The minimum atomic E-state index is -0.753. The fourth-order valence-electron chi connectivity index (χ4n) is 1.18. The Balaban J connectivity index is 2.64. The summed E-state index contributed by atoms with van der Waals surface area (Å²) in [6.45, 7) is 0. The molecule has 0 unspecified atom stereocenters. The minimum absolute atomic E-state index is 0.198. The van der Waals surface area contributed by atoms with Crippen LogP contribution in [0.3, 0.4) is 0 Å². The van der Waals surface area contributed by atoms with Crippen LogP contribution in [-0.4, -0.2) is 40.9 Å². The van der Waals surface area contributed by atoms with Gasteiger partial charge in [-0.2, -0.15) is 0 Å². The van der Waals surface area contributed by atoms with E-state index < -0.39 is 17.9 Å². The largest absolute Gasteiger partial charge is 0.467 e. The Morgan fingerprint density at radius 3 is 2.94 bits per heavy atom. The molecule has 1 aromatic heterocycles. The molecule has 88 valence electrons. The third-order valence-electron chi connectivity index (χ3n) is 1.92. The SMILES string of the molecule is COC(=O)[C@H](Cc1cnc[nH]1)NC(=O)CCl. The molecule has 7 heteroatoms. The predicted octanol–water partition coefficient (Wildman–Crippen LogP) is -0.151. The van der Waals surface area contributed by atoms with Gasteiger partial charge in [0, 0.05) is 18.3 Å². The molecule has 0 saturated carbocycles. The van der Waals surface area contributed by atoms with Crippen molar-refractivity contribution >= 4 is 23.5 Å². The molecule has 1 atom stereocenters. The van der Waals surface area contributed by atoms with E-state index in [1.165, 1.54) is 13.4 Å². The summed E-state index contributed by atoms with van der Waals surface area (Å²) in [5.41, 5.74) is 0.727. The quantitative estimate of drug-likeness (QED) is 0.558. The first-order chi connectivity index (χ1) is 7.67. The number of halogens is 1. The van der Waals surface area contributed by atoms with Crippen LogP contribution in [0.5, 0.6) is 0 Å². The maximum absolute atomic E-state index is 11.4. The zero-order valence-electron chi connectivity index (χ0n) is 8.70. The summed E-state index contributed by atoms with van der Waals surface area (Å²) in [5.74, 6) is -1.14. The van der Waals surface area contributed by atoms with Gasteiger partial charge in [0.2, 0.25) is 5.91 Å². The Morgan fingerprint density at radius 2 is 2.44 bits per heavy atom. The smallest absolute Gasteiger partial charge is 0.328 e. The molecular weight excluding hydrogens is 234 g/mol. The molecule has 2 N–H and O–H groups in total. The van der Waals surface area contributed by atoms with Crippen LogP contribution in [0.4, 0.5) is 0 Å². The Labute approximate surface area is 97.3 Å². The lowest BCUT2D eigenvalue weighted by atomic mass is 10.1. The van der Waals surface area contributed by atoms with Gasteiger partial charge < -0.3 is 15.0 Å². The van der Waals surface area contributed by atoms with Crippen LogP contribution in [-0.2, 0) is 20.7 Å². The normalized spacial score (nSPS) is 11.9. The van der Waals surface area contributed by atoms with Gasteiger partial charge >= 0.3 is 5.97 Å². The maximum Gasteiger partial charge on any atom is 0.328 e. The number of amides is 1. The monoisotopic (exact) mass is 245 g/mol. The maximum atomic E-state index is 11.4. The molecule has 16 heavy (non-hydrogen) atoms. The van der Waals surface area contributed by atoms with Crippen molar-refractivity contribution in [2.45, 2.75) is 12.5 Å². The van der Waals surface area contributed by atoms with Crippen LogP contribution in [0.1, 0.15) is 5.69 Å². The Bertz CT molecular complexity index is 353. The molecule has 0 spiro atoms. The number of hydrogen-bond acceptors (Lipinski definition) is 4. The Hall–Kier alpha value is -1.56. The highest BCUT2D eigenvalue weighted by molar-refractivity contribution is 6.27. The van der Waals surface area contributed by atoms with Crippen LogP contribution in [0.2, 0.25) is 0 Å². The number of ether oxygens (including phenoxy) is 1. The first-order valence-electron chi connectivity index (χ1n) is 4.57. The number of alkyl halides is 1. The number of esters is 1. The molecule has 0 saturated heterocycles. The summed E-state index contributed by atoms with van der Waals surface area (Å²) < 4.78 is 4.58. The van der Waals surface area contributed by atoms with E-state index in [1.807, 2.05) is 0 Å². The van der Waals surface area contributed by atoms with Crippen molar-refractivity contribution in [3.8, 4) is 0 Å². The molecule has 0 aromatic carbocycles. The van der Waals surface area contributed by atoms with Crippen LogP contribution in [0, 0.1) is 0 Å². The summed E-state index contributed by atoms with van der Waals surface area (Å²) >= 11 is 5.34. The second kappa shape index (κ2) is 6.12. The highest BCUT2D eigenvalue weighted by Gasteiger charge is 2.21. The number of H-pyrrole nitrogens is 1. The van der Waals surface area contributed by atoms with E-state index in [0.717, 1.165) is 5.69 Å². The Kier molecular flexibility index (Phi) is 4.78. The molecule has 6 nitrogen and oxygen atoms in total. The van der Waals surface area contributed by atoms with Gasteiger partial charge in [0.1, 0.15) is 11.9 Å². The predicted molar refractivity (Wildman–Crippen MR) is 57.0 cm³/mol. The number of nitrogens with zero attached hydrogens (tertiary/aromatic N) is 1. The molecule has 0 bridgehead atoms. The van der Waals surface area contributed by atoms with Crippen molar-refractivity contribution in [2.75, 3.05) is 13.0 Å². The minimum Gasteiger partial charge on any atom is -0.467 e. The van der Waals surface area contributed by atoms with Gasteiger partial charge in [-0.3, -0.25) is 4.79 Å². The average Bonchev–Trinajstić information content (AvgIpc) is 2.79. The number of carbonyl (C=O) groups is 2. The van der Waals surface area contributed by atoms with E-state index in [-0.39, 0.29) is 12.3 Å². The lowest BCUT2D eigenvalue weighted by molar-refractivity contribution is -0.144. The number of nitrogens with one attached hydrogen (secondary N) is 2. The number of carbonyl (C=O) groups excluding carboxylic acids is 2. The summed E-state index contributed by atoms with van der Waals surface area (Å²) in [7, 11) is 1.26. The zero-order chi connectivity index (χ0) is 12.0. The standard InChI is InChI=1S/C9H12ClN3O3/c1-16-9(15)7(13-8(14)3-10)2-6-4-11-5-12-6/h4-5,7H,2-3H2,1H3,(H,11,12)(H,13,14)/t7-/m0/s1. The molecule has 1 rings (SSSR count). The fourth-order valence-corrected chi connectivity index (χ4v) is 1.26. The number of hydrogen-bond donors (Lipinski definition) is 2. The average molecular weight is 246 g/mol. The van der Waals surface area contributed by atoms with Gasteiger partial charge in [0.25, 0.3) is 0 Å². The molecule has 1 amide bonds. The second-order valence-electron chi connectivity index (χ2n) is 3.06. The molecule has 1 heterocycles. The second-order valence-corrected chi connectivity index (χ2v) is 3.33. The first-order valence-corrected chi connectivity index (χ1v) is 5.11. The number of rotatable bonds is 5. The summed E-state index contributed by atoms with van der Waals surface area (Å²) in [6.07, 6.45) is 3.35. The third kappa shape index (κ3) is 3.54. The van der Waals surface area contributed by atoms with Crippen molar-refractivity contribution in [3.05, 3.63) is 18.2 Å². The van der Waals surface area contributed by atoms with Gasteiger partial charge in [-0.1, -0.05) is 0 Å². The van der Waals surface area contributed by atoms with Crippen molar-refractivity contribution in [3.63, 3.8) is 0 Å². The highest BCUT2D eigenvalue weighted by Crippen LogP contribution is 2.00. The third-order valence-corrected chi connectivity index (χ3v) is 2.16. The van der Waals surface area contributed by atoms with Gasteiger partial charge in [-0.15, -0.1) is 11.6 Å². The summed E-state index contributed by atoms with van der Waals surface area (Å²) in [5, 5.41) is 2.46. The van der Waals surface area contributed by atoms with E-state index in [4.69, 9.17) is 11.6 Å². The van der Waals surface area contributed by atoms with E-state index in [0.29, 0.717) is 0 Å². The molecule has 0 aliphatic rings. The van der Waals surface area contributed by atoms with Gasteiger partial charge in [-0.05, 0) is 0 Å². The molecule has 0 fully saturated rings. The molecular formula is C9H12ClN3O3. The number of imidazole rings is 1. The molecule has 0 aliphatic heterocycles. The van der Waals surface area contributed by atoms with E-state index in [9.17, 15) is 9.59 Å². The number of aromatic nitrogens is 2. The number of aromatic amines is 1. The molecule has 0 aliphatic carbocycles. The van der Waals surface area contributed by atoms with Crippen LogP contribution >= 0.6 is 11.6 Å². The lowest BCUT2D eigenvalue weighted by Gasteiger charge is -2.14. The fraction of sp³-hybridized carbons (Fsp3) is 0.444. The van der Waals surface area contributed by atoms with Gasteiger partial charge in [0.05, 0.1) is 13.4 Å². The zero-order valence-corrected chi connectivity index (χ0v) is 9.45. The van der Waals surface area contributed by atoms with Crippen molar-refractivity contribution in [2.24, 2.45) is 0 Å².